The zero-order valence-electron chi connectivity index (χ0n) is 11.2. The smallest absolute Gasteiger partial charge is 0.0724 e. The van der Waals surface area contributed by atoms with Crippen molar-refractivity contribution < 1.29 is 0 Å². The number of benzene rings is 2. The maximum Gasteiger partial charge on any atom is 0.0724 e. The Hall–Kier alpha value is -1.89. The summed E-state index contributed by atoms with van der Waals surface area (Å²) in [6.45, 7) is 6.32. The van der Waals surface area contributed by atoms with Gasteiger partial charge in [-0.2, -0.15) is 0 Å². The lowest BCUT2D eigenvalue weighted by molar-refractivity contribution is 0.819. The highest BCUT2D eigenvalue weighted by Gasteiger charge is 2.04. The molecule has 0 fully saturated rings. The van der Waals surface area contributed by atoms with Gasteiger partial charge in [-0.05, 0) is 31.9 Å². The molecule has 0 bridgehead atoms. The van der Waals surface area contributed by atoms with Crippen molar-refractivity contribution in [1.29, 1.82) is 0 Å². The van der Waals surface area contributed by atoms with Crippen LogP contribution in [0.1, 0.15) is 36.6 Å². The third-order valence-corrected chi connectivity index (χ3v) is 3.11. The van der Waals surface area contributed by atoms with Crippen molar-refractivity contribution >= 4 is 5.71 Å². The Kier molecular flexibility index (Phi) is 3.93. The molecule has 0 aliphatic carbocycles. The van der Waals surface area contributed by atoms with Gasteiger partial charge in [0, 0.05) is 5.71 Å². The fourth-order valence-corrected chi connectivity index (χ4v) is 2.04. The number of aliphatic imine (C=N–C) groups is 1. The molecule has 1 atom stereocenters. The van der Waals surface area contributed by atoms with Crippen LogP contribution >= 0.6 is 0 Å². The Morgan fingerprint density at radius 3 is 2.39 bits per heavy atom. The fraction of sp³-hybridized carbons (Fsp3) is 0.235. The van der Waals surface area contributed by atoms with E-state index in [1.807, 2.05) is 6.07 Å². The predicted molar refractivity (Wildman–Crippen MR) is 78.2 cm³/mol. The molecule has 1 nitrogen and oxygen atoms in total. The summed E-state index contributed by atoms with van der Waals surface area (Å²) >= 11 is 0. The second-order valence-corrected chi connectivity index (χ2v) is 4.67. The Morgan fingerprint density at radius 1 is 1.00 bits per heavy atom. The van der Waals surface area contributed by atoms with Gasteiger partial charge in [0.15, 0.2) is 0 Å². The van der Waals surface area contributed by atoms with Crippen LogP contribution in [0.2, 0.25) is 0 Å². The molecule has 2 aromatic rings. The van der Waals surface area contributed by atoms with E-state index in [2.05, 4.69) is 69.3 Å². The first kappa shape index (κ1) is 12.6. The van der Waals surface area contributed by atoms with Crippen LogP contribution in [0.25, 0.3) is 0 Å². The molecular formula is C17H19N. The highest BCUT2D eigenvalue weighted by Crippen LogP contribution is 2.17. The zero-order chi connectivity index (χ0) is 13.0. The van der Waals surface area contributed by atoms with Crippen LogP contribution in [0.3, 0.4) is 0 Å². The average molecular weight is 237 g/mol. The molecule has 0 saturated heterocycles. The minimum absolute atomic E-state index is 0.201. The van der Waals surface area contributed by atoms with Crippen LogP contribution in [0, 0.1) is 6.92 Å². The van der Waals surface area contributed by atoms with E-state index < -0.39 is 0 Å². The lowest BCUT2D eigenvalue weighted by Crippen LogP contribution is -1.99. The molecule has 1 heteroatoms. The average Bonchev–Trinajstić information content (AvgIpc) is 2.39. The molecule has 0 amide bonds. The fourth-order valence-electron chi connectivity index (χ4n) is 2.04. The molecule has 0 saturated carbocycles. The maximum atomic E-state index is 4.78. The van der Waals surface area contributed by atoms with E-state index in [1.165, 1.54) is 16.7 Å². The van der Waals surface area contributed by atoms with Crippen molar-refractivity contribution in [2.45, 2.75) is 26.8 Å². The molecule has 0 spiro atoms. The first-order valence-corrected chi connectivity index (χ1v) is 6.33. The largest absolute Gasteiger partial charge is 0.282 e. The molecule has 2 rings (SSSR count). The summed E-state index contributed by atoms with van der Waals surface area (Å²) in [4.78, 5) is 4.78. The second-order valence-electron chi connectivity index (χ2n) is 4.67. The summed E-state index contributed by atoms with van der Waals surface area (Å²) < 4.78 is 0. The number of hydrogen-bond donors (Lipinski definition) is 0. The standard InChI is InChI=1S/C17H19N/c1-13-8-7-11-17(12-13)15(3)18-14(2)16-9-5-4-6-10-16/h4-12,14H,1-3H3/t14-/m0/s1. The molecule has 0 aliphatic rings. The highest BCUT2D eigenvalue weighted by molar-refractivity contribution is 5.98. The Labute approximate surface area is 109 Å². The van der Waals surface area contributed by atoms with E-state index in [0.29, 0.717) is 0 Å². The van der Waals surface area contributed by atoms with Gasteiger partial charge in [-0.15, -0.1) is 0 Å². The van der Waals surface area contributed by atoms with E-state index >= 15 is 0 Å². The van der Waals surface area contributed by atoms with E-state index in [1.54, 1.807) is 0 Å². The van der Waals surface area contributed by atoms with Crippen LogP contribution in [0.15, 0.2) is 59.6 Å². The minimum atomic E-state index is 0.201. The minimum Gasteiger partial charge on any atom is -0.282 e. The lowest BCUT2D eigenvalue weighted by Gasteiger charge is -2.09. The molecule has 0 unspecified atom stereocenters. The van der Waals surface area contributed by atoms with Gasteiger partial charge in [-0.3, -0.25) is 4.99 Å². The SMILES string of the molecule is CC(=N[C@@H](C)c1ccccc1)c1cccc(C)c1. The number of aryl methyl sites for hydroxylation is 1. The highest BCUT2D eigenvalue weighted by atomic mass is 14.8. The first-order chi connectivity index (χ1) is 8.66. The van der Waals surface area contributed by atoms with Gasteiger partial charge in [-0.25, -0.2) is 0 Å². The van der Waals surface area contributed by atoms with Gasteiger partial charge in [-0.1, -0.05) is 60.2 Å². The molecule has 2 aromatic carbocycles. The monoisotopic (exact) mass is 237 g/mol. The zero-order valence-corrected chi connectivity index (χ0v) is 11.2. The third kappa shape index (κ3) is 3.07. The van der Waals surface area contributed by atoms with Crippen LogP contribution in [0.4, 0.5) is 0 Å². The Morgan fingerprint density at radius 2 is 1.72 bits per heavy atom. The second kappa shape index (κ2) is 5.63. The van der Waals surface area contributed by atoms with Crippen molar-refractivity contribution in [3.63, 3.8) is 0 Å². The van der Waals surface area contributed by atoms with Crippen LogP contribution in [0.5, 0.6) is 0 Å². The molecular weight excluding hydrogens is 218 g/mol. The van der Waals surface area contributed by atoms with Crippen molar-refractivity contribution in [3.05, 3.63) is 71.3 Å². The molecule has 0 radical (unpaired) electrons. The topological polar surface area (TPSA) is 12.4 Å². The van der Waals surface area contributed by atoms with Gasteiger partial charge in [0.25, 0.3) is 0 Å². The van der Waals surface area contributed by atoms with Crippen molar-refractivity contribution in [2.75, 3.05) is 0 Å². The first-order valence-electron chi connectivity index (χ1n) is 6.33. The van der Waals surface area contributed by atoms with Gasteiger partial charge in [0.05, 0.1) is 6.04 Å². The van der Waals surface area contributed by atoms with E-state index in [-0.39, 0.29) is 6.04 Å². The van der Waals surface area contributed by atoms with Gasteiger partial charge >= 0.3 is 0 Å². The Balaban J connectivity index is 2.23. The van der Waals surface area contributed by atoms with Crippen molar-refractivity contribution in [1.82, 2.24) is 0 Å². The summed E-state index contributed by atoms with van der Waals surface area (Å²) in [7, 11) is 0. The predicted octanol–water partition coefficient (Wildman–Crippen LogP) is 4.57. The summed E-state index contributed by atoms with van der Waals surface area (Å²) in [5.74, 6) is 0. The number of nitrogens with zero attached hydrogens (tertiary/aromatic N) is 1. The molecule has 18 heavy (non-hydrogen) atoms. The normalized spacial score (nSPS) is 13.4. The molecule has 0 heterocycles. The number of hydrogen-bond acceptors (Lipinski definition) is 1. The van der Waals surface area contributed by atoms with E-state index in [9.17, 15) is 0 Å². The van der Waals surface area contributed by atoms with Crippen LogP contribution in [-0.2, 0) is 0 Å². The maximum absolute atomic E-state index is 4.78. The molecule has 0 N–H and O–H groups in total. The lowest BCUT2D eigenvalue weighted by atomic mass is 10.1. The summed E-state index contributed by atoms with van der Waals surface area (Å²) in [6.07, 6.45) is 0. The van der Waals surface area contributed by atoms with E-state index in [0.717, 1.165) is 5.71 Å². The molecule has 0 aliphatic heterocycles. The van der Waals surface area contributed by atoms with E-state index in [4.69, 9.17) is 4.99 Å². The summed E-state index contributed by atoms with van der Waals surface area (Å²) in [5, 5.41) is 0. The number of rotatable bonds is 3. The van der Waals surface area contributed by atoms with Gasteiger partial charge < -0.3 is 0 Å². The van der Waals surface area contributed by atoms with Crippen molar-refractivity contribution in [3.8, 4) is 0 Å². The van der Waals surface area contributed by atoms with Crippen molar-refractivity contribution in [2.24, 2.45) is 4.99 Å². The van der Waals surface area contributed by atoms with Gasteiger partial charge in [0.1, 0.15) is 0 Å². The van der Waals surface area contributed by atoms with Crippen LogP contribution in [-0.4, -0.2) is 5.71 Å². The summed E-state index contributed by atoms with van der Waals surface area (Å²) in [5.41, 5.74) is 4.83. The third-order valence-electron chi connectivity index (χ3n) is 3.11. The summed E-state index contributed by atoms with van der Waals surface area (Å²) in [6, 6.07) is 19.1. The molecule has 0 aromatic heterocycles. The molecule has 92 valence electrons. The van der Waals surface area contributed by atoms with Crippen LogP contribution < -0.4 is 0 Å². The quantitative estimate of drug-likeness (QED) is 0.694. The Bertz CT molecular complexity index is 541. The van der Waals surface area contributed by atoms with Gasteiger partial charge in [0.2, 0.25) is 0 Å².